The first kappa shape index (κ1) is 21.6. The smallest absolute Gasteiger partial charge is 0.399 e. The largest absolute Gasteiger partial charge is 0.416 e. The molecule has 11 heteroatoms. The van der Waals surface area contributed by atoms with Crippen LogP contribution in [0.1, 0.15) is 22.4 Å². The van der Waals surface area contributed by atoms with Crippen molar-refractivity contribution in [3.8, 4) is 12.8 Å². The normalized spacial score (nSPS) is 12.7. The lowest BCUT2D eigenvalue weighted by molar-refractivity contribution is -0.137. The van der Waals surface area contributed by atoms with Gasteiger partial charge in [0.15, 0.2) is 0 Å². The van der Waals surface area contributed by atoms with Crippen LogP contribution in [0.4, 0.5) is 24.7 Å². The molecule has 1 aliphatic rings. The third-order valence-corrected chi connectivity index (χ3v) is 4.64. The summed E-state index contributed by atoms with van der Waals surface area (Å²) in [6, 6.07) is 3.39. The standard InChI is InChI=1S/C18H16F3N7O.C2H2/c1-2-15(29)27-7-13-14(8-27)28-9-24-26-17(28)25-16(13)23-6-10-3-11(18(19,20)21)5-12(22)4-10;1-2/h2-5,9H,1,6-8,22H2,(H,23,25,26);1-2H. The average molecular weight is 429 g/mol. The van der Waals surface area contributed by atoms with E-state index in [4.69, 9.17) is 5.73 Å². The van der Waals surface area contributed by atoms with Gasteiger partial charge in [-0.1, -0.05) is 6.58 Å². The first-order chi connectivity index (χ1) is 14.8. The number of alkyl halides is 3. The fourth-order valence-corrected chi connectivity index (χ4v) is 3.31. The van der Waals surface area contributed by atoms with Crippen molar-refractivity contribution in [1.29, 1.82) is 0 Å². The van der Waals surface area contributed by atoms with Crippen LogP contribution in [0.15, 0.2) is 37.2 Å². The number of rotatable bonds is 4. The number of terminal acetylenes is 1. The Hall–Kier alpha value is -4.07. The number of aromatic nitrogens is 4. The topological polar surface area (TPSA) is 101 Å². The van der Waals surface area contributed by atoms with Crippen LogP contribution in [-0.2, 0) is 30.6 Å². The summed E-state index contributed by atoms with van der Waals surface area (Å²) in [7, 11) is 0. The van der Waals surface area contributed by atoms with Crippen molar-refractivity contribution in [3.05, 3.63) is 59.6 Å². The first-order valence-corrected chi connectivity index (χ1v) is 8.93. The van der Waals surface area contributed by atoms with Crippen molar-refractivity contribution in [2.24, 2.45) is 0 Å². The summed E-state index contributed by atoms with van der Waals surface area (Å²) >= 11 is 0. The zero-order valence-electron chi connectivity index (χ0n) is 16.2. The van der Waals surface area contributed by atoms with Gasteiger partial charge in [-0.05, 0) is 29.8 Å². The molecular weight excluding hydrogens is 411 g/mol. The zero-order valence-corrected chi connectivity index (χ0v) is 16.2. The molecule has 3 heterocycles. The van der Waals surface area contributed by atoms with Crippen molar-refractivity contribution in [2.75, 3.05) is 11.1 Å². The van der Waals surface area contributed by atoms with Gasteiger partial charge in [0.1, 0.15) is 12.1 Å². The van der Waals surface area contributed by atoms with Crippen LogP contribution < -0.4 is 11.1 Å². The van der Waals surface area contributed by atoms with E-state index in [0.29, 0.717) is 23.7 Å². The molecule has 0 fully saturated rings. The summed E-state index contributed by atoms with van der Waals surface area (Å²) in [5.74, 6) is 0.512. The van der Waals surface area contributed by atoms with Crippen LogP contribution >= 0.6 is 0 Å². The molecular formula is C20H18F3N7O. The van der Waals surface area contributed by atoms with Gasteiger partial charge in [0, 0.05) is 17.8 Å². The number of nitrogens with two attached hydrogens (primary N) is 1. The van der Waals surface area contributed by atoms with Gasteiger partial charge in [-0.3, -0.25) is 9.20 Å². The number of amides is 1. The monoisotopic (exact) mass is 429 g/mol. The van der Waals surface area contributed by atoms with E-state index >= 15 is 0 Å². The molecule has 8 nitrogen and oxygen atoms in total. The van der Waals surface area contributed by atoms with Crippen molar-refractivity contribution >= 4 is 23.2 Å². The fourth-order valence-electron chi connectivity index (χ4n) is 3.31. The Morgan fingerprint density at radius 1 is 1.29 bits per heavy atom. The van der Waals surface area contributed by atoms with Crippen LogP contribution in [0.3, 0.4) is 0 Å². The molecule has 1 aromatic carbocycles. The Morgan fingerprint density at radius 3 is 2.71 bits per heavy atom. The van der Waals surface area contributed by atoms with Crippen LogP contribution in [0.5, 0.6) is 0 Å². The Balaban J connectivity index is 0.00000132. The number of hydrogen-bond donors (Lipinski definition) is 2. The van der Waals surface area contributed by atoms with E-state index in [9.17, 15) is 18.0 Å². The number of carbonyl (C=O) groups is 1. The van der Waals surface area contributed by atoms with Gasteiger partial charge >= 0.3 is 6.18 Å². The Kier molecular flexibility index (Phi) is 5.83. The number of nitrogens with one attached hydrogen (secondary N) is 1. The summed E-state index contributed by atoms with van der Waals surface area (Å²) in [4.78, 5) is 18.0. The molecule has 0 radical (unpaired) electrons. The number of halogens is 3. The molecule has 0 bridgehead atoms. The predicted octanol–water partition coefficient (Wildman–Crippen LogP) is 2.62. The molecule has 1 aliphatic heterocycles. The van der Waals surface area contributed by atoms with Crippen LogP contribution in [0.25, 0.3) is 5.78 Å². The molecule has 4 rings (SSSR count). The van der Waals surface area contributed by atoms with Gasteiger partial charge in [-0.25, -0.2) is 0 Å². The molecule has 0 unspecified atom stereocenters. The van der Waals surface area contributed by atoms with E-state index in [2.05, 4.69) is 39.9 Å². The maximum atomic E-state index is 13.0. The molecule has 3 N–H and O–H groups in total. The third-order valence-electron chi connectivity index (χ3n) is 4.64. The Morgan fingerprint density at radius 2 is 2.03 bits per heavy atom. The van der Waals surface area contributed by atoms with Gasteiger partial charge in [-0.2, -0.15) is 18.2 Å². The lowest BCUT2D eigenvalue weighted by Crippen LogP contribution is -2.23. The van der Waals surface area contributed by atoms with Crippen LogP contribution in [-0.4, -0.2) is 30.4 Å². The number of hydrogen-bond acceptors (Lipinski definition) is 6. The van der Waals surface area contributed by atoms with E-state index in [0.717, 1.165) is 23.4 Å². The lowest BCUT2D eigenvalue weighted by Gasteiger charge is -2.14. The maximum Gasteiger partial charge on any atom is 0.416 e. The van der Waals surface area contributed by atoms with E-state index in [1.807, 2.05) is 0 Å². The highest BCUT2D eigenvalue weighted by Gasteiger charge is 2.31. The molecule has 0 aliphatic carbocycles. The molecule has 3 aromatic rings. The van der Waals surface area contributed by atoms with Crippen molar-refractivity contribution < 1.29 is 18.0 Å². The van der Waals surface area contributed by atoms with E-state index in [1.54, 1.807) is 9.30 Å². The van der Waals surface area contributed by atoms with Crippen molar-refractivity contribution in [2.45, 2.75) is 25.8 Å². The molecule has 31 heavy (non-hydrogen) atoms. The molecule has 1 amide bonds. The number of fused-ring (bicyclic) bond motifs is 3. The van der Waals surface area contributed by atoms with E-state index in [1.165, 1.54) is 18.5 Å². The van der Waals surface area contributed by atoms with E-state index in [-0.39, 0.29) is 24.7 Å². The second-order valence-corrected chi connectivity index (χ2v) is 6.60. The van der Waals surface area contributed by atoms with Crippen molar-refractivity contribution in [3.63, 3.8) is 0 Å². The number of nitrogen functional groups attached to an aromatic ring is 1. The minimum atomic E-state index is -4.49. The number of benzene rings is 1. The third kappa shape index (κ3) is 4.28. The van der Waals surface area contributed by atoms with Gasteiger partial charge in [0.25, 0.3) is 5.78 Å². The van der Waals surface area contributed by atoms with Crippen LogP contribution in [0, 0.1) is 12.8 Å². The minimum absolute atomic E-state index is 0.0190. The number of anilines is 2. The summed E-state index contributed by atoms with van der Waals surface area (Å²) in [6.07, 6.45) is 6.23. The fraction of sp³-hybridized carbons (Fsp3) is 0.200. The minimum Gasteiger partial charge on any atom is -0.399 e. The summed E-state index contributed by atoms with van der Waals surface area (Å²) in [6.45, 7) is 4.17. The Bertz CT molecular complexity index is 1170. The molecule has 160 valence electrons. The highest BCUT2D eigenvalue weighted by Crippen LogP contribution is 2.32. The van der Waals surface area contributed by atoms with E-state index < -0.39 is 11.7 Å². The summed E-state index contributed by atoms with van der Waals surface area (Å²) < 4.78 is 40.8. The first-order valence-electron chi connectivity index (χ1n) is 8.93. The lowest BCUT2D eigenvalue weighted by atomic mass is 10.1. The maximum absolute atomic E-state index is 13.0. The highest BCUT2D eigenvalue weighted by atomic mass is 19.4. The number of nitrogens with zero attached hydrogens (tertiary/aromatic N) is 5. The Labute approximate surface area is 175 Å². The van der Waals surface area contributed by atoms with Gasteiger partial charge in [-0.15, -0.1) is 23.0 Å². The molecule has 0 spiro atoms. The molecule has 0 saturated carbocycles. The van der Waals surface area contributed by atoms with Crippen LogP contribution in [0.2, 0.25) is 0 Å². The summed E-state index contributed by atoms with van der Waals surface area (Å²) in [5, 5.41) is 10.8. The summed E-state index contributed by atoms with van der Waals surface area (Å²) in [5.41, 5.74) is 6.70. The van der Waals surface area contributed by atoms with Crippen molar-refractivity contribution in [1.82, 2.24) is 24.5 Å². The number of carbonyl (C=O) groups excluding carboxylic acids is 1. The second kappa shape index (κ2) is 8.35. The molecule has 2 aromatic heterocycles. The molecule has 0 saturated heterocycles. The SMILES string of the molecule is C#C.C=CC(=O)N1Cc2c(NCc3cc(N)cc(C(F)(F)F)c3)nc3nncn3c2C1. The molecule has 0 atom stereocenters. The average Bonchev–Trinajstić information content (AvgIpc) is 3.38. The predicted molar refractivity (Wildman–Crippen MR) is 108 cm³/mol. The quantitative estimate of drug-likeness (QED) is 0.376. The van der Waals surface area contributed by atoms with Gasteiger partial charge in [0.05, 0.1) is 24.3 Å². The zero-order chi connectivity index (χ0) is 22.8. The van der Waals surface area contributed by atoms with Gasteiger partial charge < -0.3 is 16.0 Å². The highest BCUT2D eigenvalue weighted by molar-refractivity contribution is 5.87. The van der Waals surface area contributed by atoms with Gasteiger partial charge in [0.2, 0.25) is 5.91 Å². The second-order valence-electron chi connectivity index (χ2n) is 6.60.